The van der Waals surface area contributed by atoms with Crippen molar-refractivity contribution in [1.82, 2.24) is 0 Å². The number of carboxylic acids is 2. The zero-order valence-electron chi connectivity index (χ0n) is 20.5. The second-order valence-corrected chi connectivity index (χ2v) is 11.7. The van der Waals surface area contributed by atoms with Crippen molar-refractivity contribution < 1.29 is 32.8 Å². The fourth-order valence-corrected chi connectivity index (χ4v) is 5.51. The van der Waals surface area contributed by atoms with E-state index in [1.807, 2.05) is 0 Å². The molecule has 0 rings (SSSR count). The second-order valence-electron chi connectivity index (χ2n) is 10.00. The fraction of sp³-hybridized carbons (Fsp3) is 0.917. The van der Waals surface area contributed by atoms with Gasteiger partial charge in [0, 0.05) is 0 Å². The molecule has 0 bridgehead atoms. The molecule has 2 unspecified atom stereocenters. The molecule has 7 nitrogen and oxygen atoms in total. The summed E-state index contributed by atoms with van der Waals surface area (Å²) < 4.78 is 31.6. The summed E-state index contributed by atoms with van der Waals surface area (Å²) in [7, 11) is -5.12. The van der Waals surface area contributed by atoms with Gasteiger partial charge in [0.05, 0.1) is 5.92 Å². The van der Waals surface area contributed by atoms with Crippen LogP contribution in [0, 0.1) is 17.8 Å². The number of hydrogen-bond acceptors (Lipinski definition) is 4. The maximum Gasteiger partial charge on any atom is 0.328 e. The molecule has 0 saturated carbocycles. The van der Waals surface area contributed by atoms with E-state index in [9.17, 15) is 32.8 Å². The maximum atomic E-state index is 12.2. The van der Waals surface area contributed by atoms with Gasteiger partial charge < -0.3 is 10.2 Å². The molecule has 0 aliphatic heterocycles. The quantitative estimate of drug-likeness (QED) is 0.141. The minimum Gasteiger partial charge on any atom is -0.481 e. The minimum absolute atomic E-state index is 0.0833. The molecule has 32 heavy (non-hydrogen) atoms. The van der Waals surface area contributed by atoms with E-state index in [0.717, 1.165) is 51.4 Å². The largest absolute Gasteiger partial charge is 0.481 e. The van der Waals surface area contributed by atoms with Gasteiger partial charge in [0.2, 0.25) is 4.75 Å². The third-order valence-electron chi connectivity index (χ3n) is 6.29. The van der Waals surface area contributed by atoms with Crippen LogP contribution in [-0.2, 0) is 19.7 Å². The molecule has 0 aliphatic carbocycles. The molecular formula is C24H46O7S. The Morgan fingerprint density at radius 1 is 0.688 bits per heavy atom. The van der Waals surface area contributed by atoms with Crippen molar-refractivity contribution >= 4 is 22.1 Å². The highest BCUT2D eigenvalue weighted by molar-refractivity contribution is 7.88. The monoisotopic (exact) mass is 478 g/mol. The molecule has 0 aromatic rings. The molecule has 0 radical (unpaired) electrons. The Bertz CT molecular complexity index is 643. The van der Waals surface area contributed by atoms with Crippen LogP contribution in [0.4, 0.5) is 0 Å². The average Bonchev–Trinajstić information content (AvgIpc) is 2.65. The van der Waals surface area contributed by atoms with E-state index in [0.29, 0.717) is 31.1 Å². The van der Waals surface area contributed by atoms with Crippen molar-refractivity contribution in [3.63, 3.8) is 0 Å². The van der Waals surface area contributed by atoms with Gasteiger partial charge in [-0.15, -0.1) is 0 Å². The van der Waals surface area contributed by atoms with Crippen LogP contribution in [0.2, 0.25) is 0 Å². The van der Waals surface area contributed by atoms with Gasteiger partial charge in [-0.1, -0.05) is 105 Å². The molecule has 2 atom stereocenters. The Balaban J connectivity index is 5.04. The van der Waals surface area contributed by atoms with E-state index in [-0.39, 0.29) is 12.8 Å². The maximum absolute atomic E-state index is 12.2. The second kappa shape index (κ2) is 15.6. The zero-order chi connectivity index (χ0) is 24.8. The van der Waals surface area contributed by atoms with Crippen LogP contribution < -0.4 is 0 Å². The SMILES string of the molecule is CC(C)CCCCCCCC(C(=O)O)C(CCCCCCCC(C)C)(C(=O)O)S(=O)(=O)O. The summed E-state index contributed by atoms with van der Waals surface area (Å²) in [5.41, 5.74) is 0. The Morgan fingerprint density at radius 3 is 1.41 bits per heavy atom. The van der Waals surface area contributed by atoms with Crippen LogP contribution in [0.15, 0.2) is 0 Å². The standard InChI is InChI=1S/C24H46O7S/c1-19(2)15-11-7-5-9-13-17-21(22(25)26)24(23(27)28,32(29,30)31)18-14-10-6-8-12-16-20(3)4/h19-21H,5-18H2,1-4H3,(H,25,26)(H,27,28)(H,29,30,31). The molecule has 0 saturated heterocycles. The van der Waals surface area contributed by atoms with Gasteiger partial charge in [-0.05, 0) is 24.7 Å². The smallest absolute Gasteiger partial charge is 0.328 e. The first kappa shape index (κ1) is 30.9. The molecule has 0 fully saturated rings. The van der Waals surface area contributed by atoms with Crippen molar-refractivity contribution in [3.8, 4) is 0 Å². The highest BCUT2D eigenvalue weighted by atomic mass is 32.2. The molecule has 0 aromatic heterocycles. The normalized spacial score (nSPS) is 15.1. The number of aliphatic carboxylic acids is 2. The number of carbonyl (C=O) groups is 2. The summed E-state index contributed by atoms with van der Waals surface area (Å²) in [6.45, 7) is 8.60. The Kier molecular flexibility index (Phi) is 15.1. The van der Waals surface area contributed by atoms with Crippen molar-refractivity contribution in [3.05, 3.63) is 0 Å². The van der Waals surface area contributed by atoms with Crippen LogP contribution >= 0.6 is 0 Å². The third-order valence-corrected chi connectivity index (χ3v) is 7.87. The van der Waals surface area contributed by atoms with E-state index >= 15 is 0 Å². The van der Waals surface area contributed by atoms with Crippen molar-refractivity contribution in [2.45, 2.75) is 122 Å². The van der Waals surface area contributed by atoms with Gasteiger partial charge in [0.25, 0.3) is 10.1 Å². The van der Waals surface area contributed by atoms with Crippen LogP contribution in [0.5, 0.6) is 0 Å². The summed E-state index contributed by atoms with van der Waals surface area (Å²) in [6.07, 6.45) is 9.53. The summed E-state index contributed by atoms with van der Waals surface area (Å²) in [5.74, 6) is -3.69. The predicted octanol–water partition coefficient (Wildman–Crippen LogP) is 6.17. The van der Waals surface area contributed by atoms with Crippen LogP contribution in [0.25, 0.3) is 0 Å². The molecule has 0 heterocycles. The number of carboxylic acid groups (broad SMARTS) is 2. The summed E-state index contributed by atoms with van der Waals surface area (Å²) in [5, 5.41) is 19.5. The molecule has 0 aliphatic rings. The van der Waals surface area contributed by atoms with Gasteiger partial charge in [-0.3, -0.25) is 14.1 Å². The molecule has 8 heteroatoms. The lowest BCUT2D eigenvalue weighted by atomic mass is 9.82. The van der Waals surface area contributed by atoms with E-state index in [1.54, 1.807) is 0 Å². The predicted molar refractivity (Wildman–Crippen MR) is 127 cm³/mol. The molecule has 0 aromatic carbocycles. The van der Waals surface area contributed by atoms with Gasteiger partial charge in [0.15, 0.2) is 0 Å². The molecule has 0 amide bonds. The summed E-state index contributed by atoms with van der Waals surface area (Å²) in [4.78, 5) is 24.0. The minimum atomic E-state index is -5.12. The highest BCUT2D eigenvalue weighted by Crippen LogP contribution is 2.37. The molecular weight excluding hydrogens is 432 g/mol. The lowest BCUT2D eigenvalue weighted by molar-refractivity contribution is -0.152. The first-order chi connectivity index (χ1) is 14.9. The first-order valence-electron chi connectivity index (χ1n) is 12.3. The molecule has 3 N–H and O–H groups in total. The Morgan fingerprint density at radius 2 is 1.06 bits per heavy atom. The highest BCUT2D eigenvalue weighted by Gasteiger charge is 2.58. The van der Waals surface area contributed by atoms with Crippen molar-refractivity contribution in [2.24, 2.45) is 17.8 Å². The van der Waals surface area contributed by atoms with E-state index in [2.05, 4.69) is 27.7 Å². The Hall–Kier alpha value is -1.15. The summed E-state index contributed by atoms with van der Waals surface area (Å²) in [6, 6.07) is 0. The van der Waals surface area contributed by atoms with Crippen molar-refractivity contribution in [2.75, 3.05) is 0 Å². The topological polar surface area (TPSA) is 129 Å². The average molecular weight is 479 g/mol. The van der Waals surface area contributed by atoms with Crippen molar-refractivity contribution in [1.29, 1.82) is 0 Å². The zero-order valence-corrected chi connectivity index (χ0v) is 21.3. The number of rotatable bonds is 20. The first-order valence-corrected chi connectivity index (χ1v) is 13.7. The number of hydrogen-bond donors (Lipinski definition) is 3. The van der Waals surface area contributed by atoms with Crippen LogP contribution in [0.1, 0.15) is 118 Å². The van der Waals surface area contributed by atoms with Gasteiger partial charge >= 0.3 is 11.9 Å². The molecule has 190 valence electrons. The Labute approximate surface area is 195 Å². The van der Waals surface area contributed by atoms with Gasteiger partial charge in [-0.25, -0.2) is 0 Å². The van der Waals surface area contributed by atoms with Crippen LogP contribution in [0.3, 0.4) is 0 Å². The molecule has 0 spiro atoms. The van der Waals surface area contributed by atoms with E-state index in [1.165, 1.54) is 0 Å². The van der Waals surface area contributed by atoms with Gasteiger partial charge in [0.1, 0.15) is 0 Å². The number of unbranched alkanes of at least 4 members (excludes halogenated alkanes) is 8. The van der Waals surface area contributed by atoms with E-state index < -0.39 is 39.1 Å². The lowest BCUT2D eigenvalue weighted by Crippen LogP contribution is -2.55. The lowest BCUT2D eigenvalue weighted by Gasteiger charge is -2.32. The van der Waals surface area contributed by atoms with E-state index in [4.69, 9.17) is 0 Å². The third kappa shape index (κ3) is 11.1. The van der Waals surface area contributed by atoms with Crippen LogP contribution in [-0.4, -0.2) is 39.9 Å². The van der Waals surface area contributed by atoms with Gasteiger partial charge in [-0.2, -0.15) is 8.42 Å². The fourth-order valence-electron chi connectivity index (χ4n) is 4.31. The summed E-state index contributed by atoms with van der Waals surface area (Å²) >= 11 is 0.